The fourth-order valence-corrected chi connectivity index (χ4v) is 5.98. The summed E-state index contributed by atoms with van der Waals surface area (Å²) in [5.74, 6) is 0.439. The number of carbonyl (C=O) groups excluding carboxylic acids is 2. The second-order valence-corrected chi connectivity index (χ2v) is 8.77. The molecule has 0 spiro atoms. The first-order chi connectivity index (χ1) is 12.4. The van der Waals surface area contributed by atoms with E-state index in [1.807, 2.05) is 0 Å². The molecule has 4 saturated carbocycles. The second-order valence-electron chi connectivity index (χ2n) is 8.37. The molecule has 0 radical (unpaired) electrons. The van der Waals surface area contributed by atoms with Crippen LogP contribution >= 0.6 is 11.6 Å². The summed E-state index contributed by atoms with van der Waals surface area (Å²) < 4.78 is 18.7. The van der Waals surface area contributed by atoms with Gasteiger partial charge in [0.1, 0.15) is 11.4 Å². The lowest BCUT2D eigenvalue weighted by atomic mass is 9.49. The van der Waals surface area contributed by atoms with Gasteiger partial charge in [0, 0.05) is 6.54 Å². The molecule has 4 bridgehead atoms. The molecule has 6 heteroatoms. The normalized spacial score (nSPS) is 31.7. The topological polar surface area (TPSA) is 55.4 Å². The standard InChI is InChI=1S/C20H23ClFNO3/c21-15-2-1-3-16(22)18(15)19(25)26-10-17(24)23-11-20-7-12-4-13(8-20)6-14(5-12)9-20/h1-3,12-14H,4-11H2,(H,23,24). The third kappa shape index (κ3) is 3.46. The van der Waals surface area contributed by atoms with Crippen LogP contribution in [0.1, 0.15) is 48.9 Å². The lowest BCUT2D eigenvalue weighted by Gasteiger charge is -2.56. The maximum atomic E-state index is 13.7. The van der Waals surface area contributed by atoms with Crippen LogP contribution in [0.25, 0.3) is 0 Å². The molecule has 1 amide bonds. The van der Waals surface area contributed by atoms with Gasteiger partial charge in [-0.1, -0.05) is 17.7 Å². The molecule has 140 valence electrons. The Morgan fingerprint density at radius 3 is 2.35 bits per heavy atom. The first-order valence-electron chi connectivity index (χ1n) is 9.32. The molecule has 0 saturated heterocycles. The van der Waals surface area contributed by atoms with E-state index >= 15 is 0 Å². The lowest BCUT2D eigenvalue weighted by molar-refractivity contribution is -0.126. The Hall–Kier alpha value is -1.62. The Morgan fingerprint density at radius 2 is 1.77 bits per heavy atom. The minimum atomic E-state index is -0.918. The van der Waals surface area contributed by atoms with Crippen LogP contribution in [0.15, 0.2) is 18.2 Å². The Bertz CT molecular complexity index is 680. The third-order valence-corrected chi connectivity index (χ3v) is 6.64. The number of hydrogen-bond donors (Lipinski definition) is 1. The van der Waals surface area contributed by atoms with E-state index in [4.69, 9.17) is 16.3 Å². The summed E-state index contributed by atoms with van der Waals surface area (Å²) in [4.78, 5) is 24.1. The van der Waals surface area contributed by atoms with Crippen LogP contribution in [0.2, 0.25) is 5.02 Å². The summed E-state index contributed by atoms with van der Waals surface area (Å²) in [6, 6.07) is 3.95. The number of halogens is 2. The van der Waals surface area contributed by atoms with Crippen LogP contribution in [0.3, 0.4) is 0 Å². The van der Waals surface area contributed by atoms with Crippen molar-refractivity contribution in [3.8, 4) is 0 Å². The largest absolute Gasteiger partial charge is 0.452 e. The maximum Gasteiger partial charge on any atom is 0.343 e. The number of carbonyl (C=O) groups is 2. The van der Waals surface area contributed by atoms with Gasteiger partial charge in [-0.15, -0.1) is 0 Å². The highest BCUT2D eigenvalue weighted by Gasteiger charge is 2.50. The van der Waals surface area contributed by atoms with Crippen LogP contribution < -0.4 is 5.32 Å². The minimum Gasteiger partial charge on any atom is -0.452 e. The highest BCUT2D eigenvalue weighted by molar-refractivity contribution is 6.33. The molecular formula is C20H23ClFNO3. The number of benzene rings is 1. The van der Waals surface area contributed by atoms with Crippen molar-refractivity contribution in [1.29, 1.82) is 0 Å². The van der Waals surface area contributed by atoms with E-state index in [1.165, 1.54) is 50.7 Å². The zero-order valence-corrected chi connectivity index (χ0v) is 15.4. The zero-order valence-electron chi connectivity index (χ0n) is 14.6. The van der Waals surface area contributed by atoms with Crippen LogP contribution in [-0.2, 0) is 9.53 Å². The number of ether oxygens (including phenoxy) is 1. The highest BCUT2D eigenvalue weighted by Crippen LogP contribution is 2.59. The van der Waals surface area contributed by atoms with E-state index in [9.17, 15) is 14.0 Å². The smallest absolute Gasteiger partial charge is 0.343 e. The first-order valence-corrected chi connectivity index (χ1v) is 9.70. The van der Waals surface area contributed by atoms with Crippen LogP contribution in [0.5, 0.6) is 0 Å². The molecule has 4 nitrogen and oxygen atoms in total. The summed E-state index contributed by atoms with van der Waals surface area (Å²) in [6.45, 7) is 0.225. The van der Waals surface area contributed by atoms with Crippen molar-refractivity contribution < 1.29 is 18.7 Å². The summed E-state index contributed by atoms with van der Waals surface area (Å²) in [5.41, 5.74) is -0.105. The van der Waals surface area contributed by atoms with E-state index in [2.05, 4.69) is 5.32 Å². The molecule has 4 fully saturated rings. The second kappa shape index (κ2) is 6.84. The van der Waals surface area contributed by atoms with Gasteiger partial charge in [0.15, 0.2) is 6.61 Å². The van der Waals surface area contributed by atoms with Gasteiger partial charge in [0.25, 0.3) is 5.91 Å². The van der Waals surface area contributed by atoms with Gasteiger partial charge < -0.3 is 10.1 Å². The summed E-state index contributed by atoms with van der Waals surface area (Å²) in [6.07, 6.45) is 7.66. The first kappa shape index (κ1) is 17.8. The van der Waals surface area contributed by atoms with Gasteiger partial charge in [-0.25, -0.2) is 9.18 Å². The molecule has 26 heavy (non-hydrogen) atoms. The molecule has 0 aromatic heterocycles. The van der Waals surface area contributed by atoms with Gasteiger partial charge in [-0.05, 0) is 73.8 Å². The fourth-order valence-electron chi connectivity index (χ4n) is 5.74. The fraction of sp³-hybridized carbons (Fsp3) is 0.600. The Labute approximate surface area is 157 Å². The number of amides is 1. The van der Waals surface area contributed by atoms with Crippen molar-refractivity contribution >= 4 is 23.5 Å². The van der Waals surface area contributed by atoms with Gasteiger partial charge in [0.05, 0.1) is 5.02 Å². The molecule has 1 N–H and O–H groups in total. The average molecular weight is 380 g/mol. The SMILES string of the molecule is O=C(COC(=O)c1c(F)cccc1Cl)NCC12CC3CC(CC(C3)C1)C2. The summed E-state index contributed by atoms with van der Waals surface area (Å²) in [5, 5.41) is 2.91. The third-order valence-electron chi connectivity index (χ3n) is 6.33. The van der Waals surface area contributed by atoms with Crippen molar-refractivity contribution in [2.24, 2.45) is 23.2 Å². The quantitative estimate of drug-likeness (QED) is 0.787. The van der Waals surface area contributed by atoms with Gasteiger partial charge in [0.2, 0.25) is 0 Å². The van der Waals surface area contributed by atoms with Crippen molar-refractivity contribution in [2.75, 3.05) is 13.2 Å². The number of hydrogen-bond acceptors (Lipinski definition) is 3. The molecule has 4 aliphatic rings. The highest BCUT2D eigenvalue weighted by atomic mass is 35.5. The van der Waals surface area contributed by atoms with E-state index in [1.54, 1.807) is 0 Å². The van der Waals surface area contributed by atoms with Crippen molar-refractivity contribution in [1.82, 2.24) is 5.32 Å². The Morgan fingerprint density at radius 1 is 1.15 bits per heavy atom. The zero-order chi connectivity index (χ0) is 18.3. The number of nitrogens with one attached hydrogen (secondary N) is 1. The molecule has 4 aliphatic carbocycles. The summed E-state index contributed by atoms with van der Waals surface area (Å²) >= 11 is 5.84. The Kier molecular flexibility index (Phi) is 4.68. The molecule has 0 aliphatic heterocycles. The Balaban J connectivity index is 1.29. The summed E-state index contributed by atoms with van der Waals surface area (Å²) in [7, 11) is 0. The van der Waals surface area contributed by atoms with Crippen LogP contribution in [0.4, 0.5) is 4.39 Å². The monoisotopic (exact) mass is 379 g/mol. The van der Waals surface area contributed by atoms with Crippen LogP contribution in [0, 0.1) is 29.0 Å². The molecule has 5 rings (SSSR count). The van der Waals surface area contributed by atoms with Gasteiger partial charge in [-0.3, -0.25) is 4.79 Å². The average Bonchev–Trinajstić information content (AvgIpc) is 2.57. The number of rotatable bonds is 5. The molecule has 0 heterocycles. The minimum absolute atomic E-state index is 0.0241. The predicted octanol–water partition coefficient (Wildman–Crippen LogP) is 3.97. The van der Waals surface area contributed by atoms with Crippen molar-refractivity contribution in [3.05, 3.63) is 34.6 Å². The predicted molar refractivity (Wildman–Crippen MR) is 95.3 cm³/mol. The number of esters is 1. The maximum absolute atomic E-state index is 13.7. The van der Waals surface area contributed by atoms with Gasteiger partial charge >= 0.3 is 5.97 Å². The molecule has 0 unspecified atom stereocenters. The van der Waals surface area contributed by atoms with E-state index in [-0.39, 0.29) is 21.9 Å². The van der Waals surface area contributed by atoms with Gasteiger partial charge in [-0.2, -0.15) is 0 Å². The molecular weight excluding hydrogens is 357 g/mol. The van der Waals surface area contributed by atoms with E-state index < -0.39 is 18.4 Å². The molecule has 0 atom stereocenters. The van der Waals surface area contributed by atoms with E-state index in [0.29, 0.717) is 6.54 Å². The van der Waals surface area contributed by atoms with Crippen molar-refractivity contribution in [2.45, 2.75) is 38.5 Å². The van der Waals surface area contributed by atoms with Crippen molar-refractivity contribution in [3.63, 3.8) is 0 Å². The van der Waals surface area contributed by atoms with E-state index in [0.717, 1.165) is 23.8 Å². The lowest BCUT2D eigenvalue weighted by Crippen LogP contribution is -2.51. The molecule has 1 aromatic rings. The van der Waals surface area contributed by atoms with Crippen LogP contribution in [-0.4, -0.2) is 25.0 Å². The molecule has 1 aromatic carbocycles.